The van der Waals surface area contributed by atoms with Crippen LogP contribution < -0.4 is 19.5 Å². The van der Waals surface area contributed by atoms with Crippen LogP contribution in [0.4, 0.5) is 5.69 Å². The van der Waals surface area contributed by atoms with Crippen molar-refractivity contribution in [3.63, 3.8) is 0 Å². The lowest BCUT2D eigenvalue weighted by Gasteiger charge is -2.13. The minimum Gasteiger partial charge on any atom is -0.497 e. The fourth-order valence-corrected chi connectivity index (χ4v) is 2.61. The van der Waals surface area contributed by atoms with Gasteiger partial charge in [0.25, 0.3) is 5.91 Å². The van der Waals surface area contributed by atoms with Crippen molar-refractivity contribution in [2.24, 2.45) is 0 Å². The molecule has 2 rings (SSSR count). The monoisotopic (exact) mass is 343 g/mol. The van der Waals surface area contributed by atoms with Crippen LogP contribution in [0.15, 0.2) is 36.4 Å². The number of anilines is 1. The first-order valence-electron chi connectivity index (χ1n) is 8.19. The third kappa shape index (κ3) is 5.14. The number of methoxy groups -OCH3 is 2. The Morgan fingerprint density at radius 3 is 2.16 bits per heavy atom. The average Bonchev–Trinajstić information content (AvgIpc) is 2.59. The predicted molar refractivity (Wildman–Crippen MR) is 98.9 cm³/mol. The topological polar surface area (TPSA) is 56.8 Å². The van der Waals surface area contributed by atoms with Crippen LogP contribution >= 0.6 is 0 Å². The van der Waals surface area contributed by atoms with E-state index in [1.54, 1.807) is 32.4 Å². The van der Waals surface area contributed by atoms with Gasteiger partial charge in [0.2, 0.25) is 0 Å². The number of benzene rings is 2. The second kappa shape index (κ2) is 8.42. The summed E-state index contributed by atoms with van der Waals surface area (Å²) in [5.74, 6) is 2.10. The van der Waals surface area contributed by atoms with E-state index in [2.05, 4.69) is 19.2 Å². The van der Waals surface area contributed by atoms with Gasteiger partial charge in [-0.15, -0.1) is 0 Å². The maximum absolute atomic E-state index is 12.1. The highest BCUT2D eigenvalue weighted by molar-refractivity contribution is 5.92. The van der Waals surface area contributed by atoms with Gasteiger partial charge in [0, 0.05) is 23.9 Å². The Hall–Kier alpha value is -2.69. The van der Waals surface area contributed by atoms with E-state index in [0.717, 1.165) is 5.56 Å². The summed E-state index contributed by atoms with van der Waals surface area (Å²) in [6.07, 6.45) is 0. The number of carbonyl (C=O) groups excluding carboxylic acids is 1. The number of aryl methyl sites for hydroxylation is 1. The van der Waals surface area contributed by atoms with Gasteiger partial charge in [-0.3, -0.25) is 4.79 Å². The van der Waals surface area contributed by atoms with E-state index in [9.17, 15) is 4.79 Å². The molecule has 5 heteroatoms. The van der Waals surface area contributed by atoms with Crippen molar-refractivity contribution in [1.82, 2.24) is 0 Å². The quantitative estimate of drug-likeness (QED) is 0.820. The molecule has 2 aromatic carbocycles. The van der Waals surface area contributed by atoms with Crippen molar-refractivity contribution in [3.8, 4) is 17.2 Å². The van der Waals surface area contributed by atoms with Crippen LogP contribution in [0.25, 0.3) is 0 Å². The van der Waals surface area contributed by atoms with E-state index >= 15 is 0 Å². The summed E-state index contributed by atoms with van der Waals surface area (Å²) < 4.78 is 16.0. The van der Waals surface area contributed by atoms with Crippen molar-refractivity contribution in [2.75, 3.05) is 26.1 Å². The molecular weight excluding hydrogens is 318 g/mol. The zero-order valence-electron chi connectivity index (χ0n) is 15.4. The number of hydrogen-bond donors (Lipinski definition) is 1. The molecule has 2 aromatic rings. The Kier molecular flexibility index (Phi) is 6.28. The third-order valence-corrected chi connectivity index (χ3v) is 3.87. The molecule has 0 aromatic heterocycles. The summed E-state index contributed by atoms with van der Waals surface area (Å²) in [6.45, 7) is 6.28. The molecule has 5 nitrogen and oxygen atoms in total. The van der Waals surface area contributed by atoms with Crippen LogP contribution in [0.1, 0.15) is 30.9 Å². The number of ether oxygens (including phenoxy) is 3. The van der Waals surface area contributed by atoms with Gasteiger partial charge in [-0.1, -0.05) is 19.9 Å². The molecule has 1 amide bonds. The van der Waals surface area contributed by atoms with Gasteiger partial charge >= 0.3 is 0 Å². The fourth-order valence-electron chi connectivity index (χ4n) is 2.61. The number of rotatable bonds is 7. The second-order valence-electron chi connectivity index (χ2n) is 6.11. The van der Waals surface area contributed by atoms with Gasteiger partial charge in [0.05, 0.1) is 14.2 Å². The molecule has 0 bridgehead atoms. The molecule has 0 saturated heterocycles. The molecule has 0 aliphatic carbocycles. The van der Waals surface area contributed by atoms with Crippen LogP contribution in [0.3, 0.4) is 0 Å². The Balaban J connectivity index is 1.98. The largest absolute Gasteiger partial charge is 0.497 e. The van der Waals surface area contributed by atoms with E-state index in [4.69, 9.17) is 14.2 Å². The van der Waals surface area contributed by atoms with Crippen molar-refractivity contribution in [3.05, 3.63) is 47.5 Å². The zero-order chi connectivity index (χ0) is 18.4. The first-order valence-corrected chi connectivity index (χ1v) is 8.19. The molecule has 0 aliphatic heterocycles. The molecule has 25 heavy (non-hydrogen) atoms. The van der Waals surface area contributed by atoms with E-state index in [1.807, 2.05) is 25.1 Å². The number of carbonyl (C=O) groups is 1. The van der Waals surface area contributed by atoms with Gasteiger partial charge in [-0.25, -0.2) is 0 Å². The number of nitrogens with one attached hydrogen (secondary N) is 1. The molecule has 0 saturated carbocycles. The average molecular weight is 343 g/mol. The summed E-state index contributed by atoms with van der Waals surface area (Å²) in [5, 5.41) is 2.78. The van der Waals surface area contributed by atoms with Crippen molar-refractivity contribution in [1.29, 1.82) is 0 Å². The number of hydrogen-bond acceptors (Lipinski definition) is 4. The highest BCUT2D eigenvalue weighted by Crippen LogP contribution is 2.26. The Labute approximate surface area is 148 Å². The summed E-state index contributed by atoms with van der Waals surface area (Å²) in [7, 11) is 3.12. The molecule has 0 unspecified atom stereocenters. The van der Waals surface area contributed by atoms with Crippen LogP contribution in [0.5, 0.6) is 17.2 Å². The number of amides is 1. The maximum atomic E-state index is 12.1. The third-order valence-electron chi connectivity index (χ3n) is 3.87. The molecule has 0 radical (unpaired) electrons. The van der Waals surface area contributed by atoms with Crippen LogP contribution in [0, 0.1) is 6.92 Å². The highest BCUT2D eigenvalue weighted by Gasteiger charge is 2.09. The summed E-state index contributed by atoms with van der Waals surface area (Å²) in [6, 6.07) is 11.1. The predicted octanol–water partition coefficient (Wildman–Crippen LogP) is 4.15. The van der Waals surface area contributed by atoms with Gasteiger partial charge < -0.3 is 19.5 Å². The lowest BCUT2D eigenvalue weighted by molar-refractivity contribution is -0.118. The van der Waals surface area contributed by atoms with Crippen LogP contribution in [-0.4, -0.2) is 26.7 Å². The zero-order valence-corrected chi connectivity index (χ0v) is 15.4. The highest BCUT2D eigenvalue weighted by atomic mass is 16.5. The molecule has 0 atom stereocenters. The lowest BCUT2D eigenvalue weighted by atomic mass is 9.98. The summed E-state index contributed by atoms with van der Waals surface area (Å²) >= 11 is 0. The molecule has 0 aliphatic rings. The van der Waals surface area contributed by atoms with Crippen molar-refractivity contribution >= 4 is 11.6 Å². The molecule has 0 heterocycles. The van der Waals surface area contributed by atoms with Crippen LogP contribution in [-0.2, 0) is 4.79 Å². The Bertz CT molecular complexity index is 718. The molecule has 1 N–H and O–H groups in total. The van der Waals surface area contributed by atoms with E-state index in [0.29, 0.717) is 28.9 Å². The van der Waals surface area contributed by atoms with E-state index < -0.39 is 0 Å². The standard InChI is InChI=1S/C20H25NO4/c1-13(2)19-7-6-16(8-14(19)3)25-12-20(22)21-15-9-17(23-4)11-18(10-15)24-5/h6-11,13H,12H2,1-5H3,(H,21,22). The van der Waals surface area contributed by atoms with Gasteiger partial charge in [0.15, 0.2) is 6.61 Å². The SMILES string of the molecule is COc1cc(NC(=O)COc2ccc(C(C)C)c(C)c2)cc(OC)c1. The van der Waals surface area contributed by atoms with E-state index in [-0.39, 0.29) is 12.5 Å². The van der Waals surface area contributed by atoms with Crippen LogP contribution in [0.2, 0.25) is 0 Å². The Morgan fingerprint density at radius 1 is 1.00 bits per heavy atom. The second-order valence-corrected chi connectivity index (χ2v) is 6.11. The molecule has 0 spiro atoms. The van der Waals surface area contributed by atoms with Crippen molar-refractivity contribution in [2.45, 2.75) is 26.7 Å². The van der Waals surface area contributed by atoms with Crippen molar-refractivity contribution < 1.29 is 19.0 Å². The summed E-state index contributed by atoms with van der Waals surface area (Å²) in [5.41, 5.74) is 3.03. The lowest BCUT2D eigenvalue weighted by Crippen LogP contribution is -2.20. The van der Waals surface area contributed by atoms with Gasteiger partial charge in [-0.2, -0.15) is 0 Å². The first-order chi connectivity index (χ1) is 11.9. The van der Waals surface area contributed by atoms with Gasteiger partial charge in [-0.05, 0) is 36.1 Å². The minimum atomic E-state index is -0.249. The normalized spacial score (nSPS) is 10.5. The van der Waals surface area contributed by atoms with Gasteiger partial charge in [0.1, 0.15) is 17.2 Å². The molecular formula is C20H25NO4. The molecule has 0 fully saturated rings. The molecule has 134 valence electrons. The smallest absolute Gasteiger partial charge is 0.262 e. The van der Waals surface area contributed by atoms with E-state index in [1.165, 1.54) is 5.56 Å². The maximum Gasteiger partial charge on any atom is 0.262 e. The minimum absolute atomic E-state index is 0.0695. The Morgan fingerprint density at radius 2 is 1.64 bits per heavy atom. The fraction of sp³-hybridized carbons (Fsp3) is 0.350. The summed E-state index contributed by atoms with van der Waals surface area (Å²) in [4.78, 5) is 12.1. The first kappa shape index (κ1) is 18.6.